The zero-order chi connectivity index (χ0) is 20.4. The molecule has 2 rings (SSSR count). The lowest BCUT2D eigenvalue weighted by Gasteiger charge is -2.13. The summed E-state index contributed by atoms with van der Waals surface area (Å²) in [5.74, 6) is 0. The van der Waals surface area contributed by atoms with E-state index in [0.717, 1.165) is 16.8 Å². The Labute approximate surface area is 169 Å². The van der Waals surface area contributed by atoms with Gasteiger partial charge in [0.1, 0.15) is 28.1 Å². The van der Waals surface area contributed by atoms with Crippen molar-refractivity contribution in [2.24, 2.45) is 10.7 Å². The van der Waals surface area contributed by atoms with Crippen LogP contribution in [0.3, 0.4) is 0 Å². The molecule has 2 N–H and O–H groups in total. The van der Waals surface area contributed by atoms with Crippen LogP contribution in [0.4, 0.5) is 13.2 Å². The number of allylic oxidation sites excluding steroid dienone is 2. The minimum absolute atomic E-state index is 0.0189. The van der Waals surface area contributed by atoms with Gasteiger partial charge in [-0.3, -0.25) is 0 Å². The van der Waals surface area contributed by atoms with Crippen LogP contribution in [0.1, 0.15) is 11.1 Å². The highest BCUT2D eigenvalue weighted by Crippen LogP contribution is 2.38. The SMILES string of the molecule is N#C/C(N)=C(C#N)/N=C/c1cnn(-c2c(Cl)cc(C(F)(F)F)cc2Cl)c1Br. The Bertz CT molecular complexity index is 1020. The van der Waals surface area contributed by atoms with Crippen LogP contribution in [0.25, 0.3) is 5.69 Å². The topological polar surface area (TPSA) is 104 Å². The Morgan fingerprint density at radius 1 is 1.26 bits per heavy atom. The monoisotopic (exact) mass is 476 g/mol. The molecule has 138 valence electrons. The molecule has 0 aliphatic carbocycles. The fourth-order valence-corrected chi connectivity index (χ4v) is 2.99. The maximum Gasteiger partial charge on any atom is 0.416 e. The molecule has 27 heavy (non-hydrogen) atoms. The minimum Gasteiger partial charge on any atom is -0.388 e. The molecule has 1 aromatic heterocycles. The molecule has 0 amide bonds. The largest absolute Gasteiger partial charge is 0.416 e. The fourth-order valence-electron chi connectivity index (χ4n) is 1.87. The average Bonchev–Trinajstić information content (AvgIpc) is 2.94. The van der Waals surface area contributed by atoms with Crippen LogP contribution in [0.5, 0.6) is 0 Å². The van der Waals surface area contributed by atoms with Crippen molar-refractivity contribution in [2.75, 3.05) is 0 Å². The Morgan fingerprint density at radius 2 is 1.85 bits per heavy atom. The van der Waals surface area contributed by atoms with Crippen molar-refractivity contribution >= 4 is 45.3 Å². The normalized spacial score (nSPS) is 12.6. The van der Waals surface area contributed by atoms with Gasteiger partial charge in [0.25, 0.3) is 0 Å². The highest BCUT2D eigenvalue weighted by molar-refractivity contribution is 9.10. The fraction of sp³-hybridized carbons (Fsp3) is 0.0667. The van der Waals surface area contributed by atoms with Gasteiger partial charge >= 0.3 is 6.18 Å². The quantitative estimate of drug-likeness (QED) is 0.515. The van der Waals surface area contributed by atoms with Crippen molar-refractivity contribution in [3.8, 4) is 17.8 Å². The van der Waals surface area contributed by atoms with Crippen LogP contribution in [0.15, 0.2) is 39.3 Å². The third-order valence-corrected chi connectivity index (χ3v) is 4.48. The van der Waals surface area contributed by atoms with E-state index < -0.39 is 11.7 Å². The number of hydrogen-bond acceptors (Lipinski definition) is 5. The van der Waals surface area contributed by atoms with E-state index in [4.69, 9.17) is 39.5 Å². The molecule has 0 atom stereocenters. The molecule has 0 saturated carbocycles. The van der Waals surface area contributed by atoms with Crippen molar-refractivity contribution in [2.45, 2.75) is 6.18 Å². The summed E-state index contributed by atoms with van der Waals surface area (Å²) in [6.45, 7) is 0. The lowest BCUT2D eigenvalue weighted by molar-refractivity contribution is -0.137. The molecule has 0 fully saturated rings. The average molecular weight is 478 g/mol. The van der Waals surface area contributed by atoms with Gasteiger partial charge < -0.3 is 5.73 Å². The highest BCUT2D eigenvalue weighted by Gasteiger charge is 2.32. The van der Waals surface area contributed by atoms with Gasteiger partial charge in [-0.2, -0.15) is 28.8 Å². The summed E-state index contributed by atoms with van der Waals surface area (Å²) in [6.07, 6.45) is -2.11. The molecule has 0 radical (unpaired) electrons. The molecular formula is C15H6BrCl2F3N6. The zero-order valence-electron chi connectivity index (χ0n) is 12.9. The van der Waals surface area contributed by atoms with Gasteiger partial charge in [0.15, 0.2) is 5.70 Å². The number of nitriles is 2. The number of nitrogens with zero attached hydrogens (tertiary/aromatic N) is 5. The van der Waals surface area contributed by atoms with E-state index in [-0.39, 0.29) is 31.7 Å². The first-order valence-corrected chi connectivity index (χ1v) is 8.29. The van der Waals surface area contributed by atoms with E-state index in [0.29, 0.717) is 5.56 Å². The van der Waals surface area contributed by atoms with Gasteiger partial charge in [-0.15, -0.1) is 0 Å². The maximum atomic E-state index is 12.8. The second kappa shape index (κ2) is 8.01. The third-order valence-electron chi connectivity index (χ3n) is 3.11. The van der Waals surface area contributed by atoms with Crippen molar-refractivity contribution in [1.29, 1.82) is 10.5 Å². The van der Waals surface area contributed by atoms with Gasteiger partial charge in [-0.25, -0.2) is 9.67 Å². The van der Waals surface area contributed by atoms with E-state index >= 15 is 0 Å². The molecular weight excluding hydrogens is 472 g/mol. The summed E-state index contributed by atoms with van der Waals surface area (Å²) in [6, 6.07) is 4.72. The van der Waals surface area contributed by atoms with Gasteiger partial charge in [0, 0.05) is 11.8 Å². The first kappa shape index (κ1) is 20.8. The number of nitrogens with two attached hydrogens (primary N) is 1. The summed E-state index contributed by atoms with van der Waals surface area (Å²) < 4.78 is 39.9. The highest BCUT2D eigenvalue weighted by atomic mass is 79.9. The first-order valence-electron chi connectivity index (χ1n) is 6.74. The van der Waals surface area contributed by atoms with E-state index in [1.54, 1.807) is 12.1 Å². The molecule has 0 aliphatic rings. The molecule has 12 heteroatoms. The number of aliphatic imine (C=N–C) groups is 1. The zero-order valence-corrected chi connectivity index (χ0v) is 16.0. The summed E-state index contributed by atoms with van der Waals surface area (Å²) in [4.78, 5) is 3.79. The Balaban J connectivity index is 2.51. The smallest absolute Gasteiger partial charge is 0.388 e. The summed E-state index contributed by atoms with van der Waals surface area (Å²) in [5, 5.41) is 21.1. The Hall–Kier alpha value is -2.53. The summed E-state index contributed by atoms with van der Waals surface area (Å²) >= 11 is 15.1. The second-order valence-electron chi connectivity index (χ2n) is 4.83. The lowest BCUT2D eigenvalue weighted by Crippen LogP contribution is -2.07. The standard InChI is InChI=1S/C15H6BrCl2F3N6/c16-14-7(5-25-12(4-23)11(24)3-22)6-26-27(14)13-9(17)1-8(2-10(13)18)15(19,20)21/h1-2,5-6H,24H2/b12-11-,25-5+. The summed E-state index contributed by atoms with van der Waals surface area (Å²) in [7, 11) is 0. The molecule has 0 unspecified atom stereocenters. The molecule has 1 aromatic carbocycles. The number of rotatable bonds is 3. The molecule has 0 aliphatic heterocycles. The van der Waals surface area contributed by atoms with Crippen molar-refractivity contribution in [3.63, 3.8) is 0 Å². The summed E-state index contributed by atoms with van der Waals surface area (Å²) in [5.41, 5.74) is 4.02. The van der Waals surface area contributed by atoms with E-state index in [1.165, 1.54) is 12.4 Å². The Kier molecular flexibility index (Phi) is 6.16. The van der Waals surface area contributed by atoms with Crippen molar-refractivity contribution in [1.82, 2.24) is 9.78 Å². The minimum atomic E-state index is -4.61. The third kappa shape index (κ3) is 4.42. The second-order valence-corrected chi connectivity index (χ2v) is 6.40. The van der Waals surface area contributed by atoms with Crippen molar-refractivity contribution < 1.29 is 13.2 Å². The lowest BCUT2D eigenvalue weighted by atomic mass is 10.2. The van der Waals surface area contributed by atoms with Crippen LogP contribution in [0.2, 0.25) is 10.0 Å². The predicted molar refractivity (Wildman–Crippen MR) is 96.3 cm³/mol. The van der Waals surface area contributed by atoms with E-state index in [1.807, 2.05) is 0 Å². The van der Waals surface area contributed by atoms with Crippen LogP contribution in [-0.2, 0) is 6.18 Å². The number of halogens is 6. The number of aromatic nitrogens is 2. The predicted octanol–water partition coefficient (Wildman–Crippen LogP) is 4.60. The molecule has 6 nitrogen and oxygen atoms in total. The van der Waals surface area contributed by atoms with Crippen LogP contribution >= 0.6 is 39.1 Å². The maximum absolute atomic E-state index is 12.8. The van der Waals surface area contributed by atoms with Crippen LogP contribution in [0, 0.1) is 22.7 Å². The van der Waals surface area contributed by atoms with E-state index in [9.17, 15) is 13.2 Å². The van der Waals surface area contributed by atoms with Crippen molar-refractivity contribution in [3.05, 3.63) is 55.5 Å². The molecule has 1 heterocycles. The molecule has 0 spiro atoms. The van der Waals surface area contributed by atoms with Gasteiger partial charge in [0.2, 0.25) is 0 Å². The number of hydrogen-bond donors (Lipinski definition) is 1. The first-order chi connectivity index (χ1) is 12.6. The van der Waals surface area contributed by atoms with Gasteiger partial charge in [-0.1, -0.05) is 23.2 Å². The number of alkyl halides is 3. The number of benzene rings is 1. The van der Waals surface area contributed by atoms with Crippen LogP contribution in [-0.4, -0.2) is 16.0 Å². The molecule has 2 aromatic rings. The van der Waals surface area contributed by atoms with Gasteiger partial charge in [-0.05, 0) is 28.1 Å². The van der Waals surface area contributed by atoms with Gasteiger partial charge in [0.05, 0.1) is 21.8 Å². The molecule has 0 bridgehead atoms. The van der Waals surface area contributed by atoms with Crippen LogP contribution < -0.4 is 5.73 Å². The van der Waals surface area contributed by atoms with E-state index in [2.05, 4.69) is 26.0 Å². The Morgan fingerprint density at radius 3 is 2.33 bits per heavy atom. The molecule has 0 saturated heterocycles.